The van der Waals surface area contributed by atoms with Gasteiger partial charge in [0.1, 0.15) is 0 Å². The molecule has 2 N–H and O–H groups in total. The number of fused-ring (bicyclic) bond motifs is 1. The van der Waals surface area contributed by atoms with Gasteiger partial charge in [-0.05, 0) is 48.8 Å². The summed E-state index contributed by atoms with van der Waals surface area (Å²) in [6, 6.07) is 7.33. The summed E-state index contributed by atoms with van der Waals surface area (Å²) in [6.45, 7) is 6.67. The summed E-state index contributed by atoms with van der Waals surface area (Å²) in [5, 5.41) is 12.9. The SMILES string of the molecule is CC(N[C@H](CO)C(C)C)c1ccc2c(c1)CCC2. The standard InChI is InChI=1S/C16H25NO/c1-11(2)16(10-18)17-12(3)14-8-7-13-5-4-6-15(13)9-14/h7-9,11-12,16-18H,4-6,10H2,1-3H3/t12?,16-/m1/s1. The first kappa shape index (κ1) is 13.6. The Kier molecular flexibility index (Phi) is 4.41. The van der Waals surface area contributed by atoms with E-state index < -0.39 is 0 Å². The number of hydrogen-bond donors (Lipinski definition) is 2. The summed E-state index contributed by atoms with van der Waals surface area (Å²) in [7, 11) is 0. The highest BCUT2D eigenvalue weighted by Gasteiger charge is 2.17. The largest absolute Gasteiger partial charge is 0.395 e. The predicted molar refractivity (Wildman–Crippen MR) is 75.7 cm³/mol. The molecule has 1 aromatic rings. The highest BCUT2D eigenvalue weighted by Crippen LogP contribution is 2.25. The van der Waals surface area contributed by atoms with Crippen molar-refractivity contribution in [3.8, 4) is 0 Å². The fourth-order valence-electron chi connectivity index (χ4n) is 2.73. The zero-order valence-corrected chi connectivity index (χ0v) is 11.7. The van der Waals surface area contributed by atoms with E-state index in [9.17, 15) is 5.11 Å². The second kappa shape index (κ2) is 5.85. The van der Waals surface area contributed by atoms with Gasteiger partial charge in [0.05, 0.1) is 6.61 Å². The lowest BCUT2D eigenvalue weighted by Crippen LogP contribution is -2.38. The Morgan fingerprint density at radius 3 is 2.56 bits per heavy atom. The van der Waals surface area contributed by atoms with Crippen LogP contribution in [0, 0.1) is 5.92 Å². The summed E-state index contributed by atoms with van der Waals surface area (Å²) >= 11 is 0. The van der Waals surface area contributed by atoms with Gasteiger partial charge in [-0.15, -0.1) is 0 Å². The fourth-order valence-corrected chi connectivity index (χ4v) is 2.73. The monoisotopic (exact) mass is 247 g/mol. The zero-order chi connectivity index (χ0) is 13.1. The first-order valence-corrected chi connectivity index (χ1v) is 7.10. The van der Waals surface area contributed by atoms with E-state index in [1.807, 2.05) is 0 Å². The molecule has 0 aliphatic heterocycles. The predicted octanol–water partition coefficient (Wildman–Crippen LogP) is 2.84. The molecule has 1 aliphatic carbocycles. The van der Waals surface area contributed by atoms with Crippen LogP contribution in [0.15, 0.2) is 18.2 Å². The van der Waals surface area contributed by atoms with Gasteiger partial charge in [0.25, 0.3) is 0 Å². The van der Waals surface area contributed by atoms with Crippen molar-refractivity contribution in [3.63, 3.8) is 0 Å². The molecule has 0 aromatic heterocycles. The third-order valence-electron chi connectivity index (χ3n) is 4.09. The van der Waals surface area contributed by atoms with Crippen molar-refractivity contribution in [2.45, 2.75) is 52.1 Å². The van der Waals surface area contributed by atoms with E-state index in [4.69, 9.17) is 0 Å². The van der Waals surface area contributed by atoms with Gasteiger partial charge >= 0.3 is 0 Å². The average molecular weight is 247 g/mol. The molecule has 0 bridgehead atoms. The average Bonchev–Trinajstić information content (AvgIpc) is 2.82. The van der Waals surface area contributed by atoms with Crippen molar-refractivity contribution in [2.24, 2.45) is 5.92 Å². The zero-order valence-electron chi connectivity index (χ0n) is 11.7. The molecule has 0 saturated heterocycles. The fraction of sp³-hybridized carbons (Fsp3) is 0.625. The number of aliphatic hydroxyl groups is 1. The Balaban J connectivity index is 2.06. The van der Waals surface area contributed by atoms with Crippen LogP contribution >= 0.6 is 0 Å². The number of aryl methyl sites for hydroxylation is 2. The van der Waals surface area contributed by atoms with Gasteiger partial charge < -0.3 is 10.4 Å². The normalized spacial score (nSPS) is 17.8. The lowest BCUT2D eigenvalue weighted by molar-refractivity contribution is 0.201. The summed E-state index contributed by atoms with van der Waals surface area (Å²) in [5.41, 5.74) is 4.38. The van der Waals surface area contributed by atoms with Crippen molar-refractivity contribution in [3.05, 3.63) is 34.9 Å². The van der Waals surface area contributed by atoms with Crippen molar-refractivity contribution in [2.75, 3.05) is 6.61 Å². The van der Waals surface area contributed by atoms with E-state index >= 15 is 0 Å². The third kappa shape index (κ3) is 2.93. The Morgan fingerprint density at radius 1 is 1.17 bits per heavy atom. The van der Waals surface area contributed by atoms with Crippen LogP contribution in [0.25, 0.3) is 0 Å². The molecular formula is C16H25NO. The first-order chi connectivity index (χ1) is 8.61. The maximum Gasteiger partial charge on any atom is 0.0587 e. The van der Waals surface area contributed by atoms with E-state index in [0.717, 1.165) is 0 Å². The molecule has 0 spiro atoms. The molecule has 0 radical (unpaired) electrons. The number of aliphatic hydroxyl groups excluding tert-OH is 1. The van der Waals surface area contributed by atoms with Crippen LogP contribution in [0.5, 0.6) is 0 Å². The number of nitrogens with one attached hydrogen (secondary N) is 1. The summed E-state index contributed by atoms with van der Waals surface area (Å²) in [4.78, 5) is 0. The summed E-state index contributed by atoms with van der Waals surface area (Å²) in [5.74, 6) is 0.451. The van der Waals surface area contributed by atoms with Gasteiger partial charge in [-0.1, -0.05) is 32.0 Å². The molecule has 0 fully saturated rings. The van der Waals surface area contributed by atoms with Gasteiger partial charge in [0.15, 0.2) is 0 Å². The molecule has 2 heteroatoms. The third-order valence-corrected chi connectivity index (χ3v) is 4.09. The smallest absolute Gasteiger partial charge is 0.0587 e. The van der Waals surface area contributed by atoms with Gasteiger partial charge in [0.2, 0.25) is 0 Å². The van der Waals surface area contributed by atoms with E-state index in [0.29, 0.717) is 12.0 Å². The Bertz CT molecular complexity index is 400. The van der Waals surface area contributed by atoms with Crippen LogP contribution in [0.1, 0.15) is 49.9 Å². The molecule has 0 heterocycles. The maximum atomic E-state index is 9.38. The Hall–Kier alpha value is -0.860. The molecular weight excluding hydrogens is 222 g/mol. The van der Waals surface area contributed by atoms with E-state index in [1.54, 1.807) is 0 Å². The quantitative estimate of drug-likeness (QED) is 0.838. The summed E-state index contributed by atoms with van der Waals surface area (Å²) in [6.07, 6.45) is 3.76. The van der Waals surface area contributed by atoms with Gasteiger partial charge in [0, 0.05) is 12.1 Å². The molecule has 1 unspecified atom stereocenters. The van der Waals surface area contributed by atoms with Crippen molar-refractivity contribution < 1.29 is 5.11 Å². The molecule has 1 aliphatic rings. The maximum absolute atomic E-state index is 9.38. The molecule has 0 amide bonds. The lowest BCUT2D eigenvalue weighted by Gasteiger charge is -2.25. The van der Waals surface area contributed by atoms with E-state index in [1.165, 1.54) is 36.0 Å². The van der Waals surface area contributed by atoms with E-state index in [-0.39, 0.29) is 12.6 Å². The number of hydrogen-bond acceptors (Lipinski definition) is 2. The number of benzene rings is 1. The van der Waals surface area contributed by atoms with Crippen LogP contribution in [0.2, 0.25) is 0 Å². The molecule has 0 saturated carbocycles. The Labute approximate surface area is 110 Å². The molecule has 100 valence electrons. The second-order valence-electron chi connectivity index (χ2n) is 5.80. The minimum absolute atomic E-state index is 0.174. The number of rotatable bonds is 5. The minimum Gasteiger partial charge on any atom is -0.395 e. The topological polar surface area (TPSA) is 32.3 Å². The van der Waals surface area contributed by atoms with Crippen LogP contribution in [-0.4, -0.2) is 17.8 Å². The molecule has 2 rings (SSSR count). The second-order valence-corrected chi connectivity index (χ2v) is 5.80. The minimum atomic E-state index is 0.174. The van der Waals surface area contributed by atoms with Gasteiger partial charge in [-0.2, -0.15) is 0 Å². The molecule has 2 atom stereocenters. The van der Waals surface area contributed by atoms with E-state index in [2.05, 4.69) is 44.3 Å². The first-order valence-electron chi connectivity index (χ1n) is 7.10. The van der Waals surface area contributed by atoms with Gasteiger partial charge in [-0.3, -0.25) is 0 Å². The van der Waals surface area contributed by atoms with Crippen molar-refractivity contribution >= 4 is 0 Å². The highest BCUT2D eigenvalue weighted by atomic mass is 16.3. The van der Waals surface area contributed by atoms with Crippen LogP contribution < -0.4 is 5.32 Å². The molecule has 2 nitrogen and oxygen atoms in total. The van der Waals surface area contributed by atoms with Crippen LogP contribution in [0.3, 0.4) is 0 Å². The van der Waals surface area contributed by atoms with Gasteiger partial charge in [-0.25, -0.2) is 0 Å². The highest BCUT2D eigenvalue weighted by molar-refractivity contribution is 5.36. The molecule has 1 aromatic carbocycles. The Morgan fingerprint density at radius 2 is 1.89 bits per heavy atom. The molecule has 18 heavy (non-hydrogen) atoms. The van der Waals surface area contributed by atoms with Crippen LogP contribution in [0.4, 0.5) is 0 Å². The van der Waals surface area contributed by atoms with Crippen molar-refractivity contribution in [1.29, 1.82) is 0 Å². The van der Waals surface area contributed by atoms with Crippen LogP contribution in [-0.2, 0) is 12.8 Å². The van der Waals surface area contributed by atoms with Crippen molar-refractivity contribution in [1.82, 2.24) is 5.32 Å². The lowest BCUT2D eigenvalue weighted by atomic mass is 9.99. The summed E-state index contributed by atoms with van der Waals surface area (Å²) < 4.78 is 0.